The van der Waals surface area contributed by atoms with Crippen LogP contribution in [0.3, 0.4) is 0 Å². The van der Waals surface area contributed by atoms with Crippen LogP contribution in [-0.4, -0.2) is 9.55 Å². The van der Waals surface area contributed by atoms with E-state index in [1.165, 1.54) is 0 Å². The average molecular weight is 212 g/mol. The van der Waals surface area contributed by atoms with Crippen molar-refractivity contribution in [1.82, 2.24) is 9.55 Å². The SMILES string of the molecule is C=CCCc1cn(-c2ccccc2)c(C)n1. The molecule has 0 spiro atoms. The van der Waals surface area contributed by atoms with Gasteiger partial charge >= 0.3 is 0 Å². The Hall–Kier alpha value is -1.83. The molecule has 0 aliphatic rings. The maximum Gasteiger partial charge on any atom is 0.110 e. The van der Waals surface area contributed by atoms with Gasteiger partial charge in [-0.2, -0.15) is 0 Å². The smallest absolute Gasteiger partial charge is 0.110 e. The van der Waals surface area contributed by atoms with Gasteiger partial charge in [-0.15, -0.1) is 6.58 Å². The van der Waals surface area contributed by atoms with Gasteiger partial charge in [0.15, 0.2) is 0 Å². The third-order valence-corrected chi connectivity index (χ3v) is 2.57. The Bertz CT molecular complexity index is 469. The molecule has 0 radical (unpaired) electrons. The molecular weight excluding hydrogens is 196 g/mol. The van der Waals surface area contributed by atoms with Gasteiger partial charge in [0.2, 0.25) is 0 Å². The standard InChI is InChI=1S/C14H16N2/c1-3-4-8-13-11-16(12(2)15-13)14-9-6-5-7-10-14/h3,5-7,9-11H,1,4,8H2,2H3. The molecule has 2 rings (SSSR count). The minimum atomic E-state index is 0.962. The Morgan fingerprint density at radius 1 is 1.31 bits per heavy atom. The van der Waals surface area contributed by atoms with Crippen molar-refractivity contribution >= 4 is 0 Å². The van der Waals surface area contributed by atoms with E-state index in [9.17, 15) is 0 Å². The lowest BCUT2D eigenvalue weighted by Crippen LogP contribution is -1.93. The first-order valence-corrected chi connectivity index (χ1v) is 5.52. The number of rotatable bonds is 4. The fourth-order valence-electron chi connectivity index (χ4n) is 1.75. The minimum Gasteiger partial charge on any atom is -0.304 e. The highest BCUT2D eigenvalue weighted by Gasteiger charge is 2.04. The molecule has 0 saturated carbocycles. The fraction of sp³-hybridized carbons (Fsp3) is 0.214. The van der Waals surface area contributed by atoms with E-state index in [4.69, 9.17) is 0 Å². The van der Waals surface area contributed by atoms with Crippen LogP contribution in [-0.2, 0) is 6.42 Å². The van der Waals surface area contributed by atoms with Crippen molar-refractivity contribution in [3.63, 3.8) is 0 Å². The molecule has 2 aromatic rings. The first kappa shape index (κ1) is 10.7. The average Bonchev–Trinajstić information content (AvgIpc) is 2.69. The van der Waals surface area contributed by atoms with Crippen LogP contribution in [0.25, 0.3) is 5.69 Å². The Balaban J connectivity index is 2.28. The molecule has 0 atom stereocenters. The minimum absolute atomic E-state index is 0.962. The summed E-state index contributed by atoms with van der Waals surface area (Å²) in [6, 6.07) is 10.3. The molecule has 0 N–H and O–H groups in total. The summed E-state index contributed by atoms with van der Waals surface area (Å²) in [4.78, 5) is 4.54. The molecule has 0 fully saturated rings. The van der Waals surface area contributed by atoms with Crippen LogP contribution in [0.15, 0.2) is 49.2 Å². The molecule has 1 aromatic heterocycles. The molecule has 0 unspecified atom stereocenters. The third kappa shape index (κ3) is 2.22. The van der Waals surface area contributed by atoms with Gasteiger partial charge in [0.25, 0.3) is 0 Å². The van der Waals surface area contributed by atoms with Crippen LogP contribution < -0.4 is 0 Å². The highest BCUT2D eigenvalue weighted by Crippen LogP contribution is 2.12. The summed E-state index contributed by atoms with van der Waals surface area (Å²) in [5.41, 5.74) is 2.29. The lowest BCUT2D eigenvalue weighted by molar-refractivity contribution is 0.949. The fourth-order valence-corrected chi connectivity index (χ4v) is 1.75. The Kier molecular flexibility index (Phi) is 3.20. The number of benzene rings is 1. The largest absolute Gasteiger partial charge is 0.304 e. The zero-order valence-electron chi connectivity index (χ0n) is 9.56. The third-order valence-electron chi connectivity index (χ3n) is 2.57. The number of allylic oxidation sites excluding steroid dienone is 1. The van der Waals surface area contributed by atoms with Crippen LogP contribution in [0.1, 0.15) is 17.9 Å². The Morgan fingerprint density at radius 2 is 2.06 bits per heavy atom. The van der Waals surface area contributed by atoms with Crippen LogP contribution in [0.4, 0.5) is 0 Å². The zero-order chi connectivity index (χ0) is 11.4. The Morgan fingerprint density at radius 3 is 2.75 bits per heavy atom. The highest BCUT2D eigenvalue weighted by atomic mass is 15.1. The number of nitrogens with zero attached hydrogens (tertiary/aromatic N) is 2. The summed E-state index contributed by atoms with van der Waals surface area (Å²) in [6.07, 6.45) is 5.97. The van der Waals surface area contributed by atoms with Gasteiger partial charge in [0.05, 0.1) is 5.69 Å². The second-order valence-electron chi connectivity index (χ2n) is 3.81. The zero-order valence-corrected chi connectivity index (χ0v) is 9.56. The molecule has 0 amide bonds. The van der Waals surface area contributed by atoms with Gasteiger partial charge in [0, 0.05) is 11.9 Å². The number of hydrogen-bond acceptors (Lipinski definition) is 1. The van der Waals surface area contributed by atoms with Gasteiger partial charge in [-0.25, -0.2) is 4.98 Å². The van der Waals surface area contributed by atoms with Gasteiger partial charge in [-0.1, -0.05) is 24.3 Å². The van der Waals surface area contributed by atoms with Gasteiger partial charge in [-0.3, -0.25) is 0 Å². The van der Waals surface area contributed by atoms with Gasteiger partial charge < -0.3 is 4.57 Å². The van der Waals surface area contributed by atoms with Gasteiger partial charge in [-0.05, 0) is 31.9 Å². The number of aryl methyl sites for hydroxylation is 2. The molecule has 1 aromatic carbocycles. The lowest BCUT2D eigenvalue weighted by Gasteiger charge is -2.02. The van der Waals surface area contributed by atoms with Crippen molar-refractivity contribution in [2.24, 2.45) is 0 Å². The molecule has 0 bridgehead atoms. The number of hydrogen-bond donors (Lipinski definition) is 0. The molecule has 0 aliphatic carbocycles. The van der Waals surface area contributed by atoms with Crippen molar-refractivity contribution in [2.45, 2.75) is 19.8 Å². The molecule has 16 heavy (non-hydrogen) atoms. The van der Waals surface area contributed by atoms with E-state index < -0.39 is 0 Å². The van der Waals surface area contributed by atoms with Crippen LogP contribution >= 0.6 is 0 Å². The summed E-state index contributed by atoms with van der Waals surface area (Å²) >= 11 is 0. The van der Waals surface area contributed by atoms with Crippen LogP contribution in [0.2, 0.25) is 0 Å². The van der Waals surface area contributed by atoms with E-state index >= 15 is 0 Å². The second-order valence-corrected chi connectivity index (χ2v) is 3.81. The molecule has 0 aliphatic heterocycles. The normalized spacial score (nSPS) is 10.3. The quantitative estimate of drug-likeness (QED) is 0.711. The van der Waals surface area contributed by atoms with Gasteiger partial charge in [0.1, 0.15) is 5.82 Å². The Labute approximate surface area is 96.3 Å². The molecule has 1 heterocycles. The summed E-state index contributed by atoms with van der Waals surface area (Å²) in [5, 5.41) is 0. The van der Waals surface area contributed by atoms with E-state index in [2.05, 4.69) is 34.5 Å². The number of imidazole rings is 1. The summed E-state index contributed by atoms with van der Waals surface area (Å²) in [6.45, 7) is 5.76. The summed E-state index contributed by atoms with van der Waals surface area (Å²) < 4.78 is 2.12. The summed E-state index contributed by atoms with van der Waals surface area (Å²) in [7, 11) is 0. The summed E-state index contributed by atoms with van der Waals surface area (Å²) in [5.74, 6) is 1.03. The van der Waals surface area contributed by atoms with Crippen molar-refractivity contribution in [2.75, 3.05) is 0 Å². The van der Waals surface area contributed by atoms with Crippen molar-refractivity contribution in [3.05, 3.63) is 60.7 Å². The van der Waals surface area contributed by atoms with Crippen molar-refractivity contribution in [1.29, 1.82) is 0 Å². The highest BCUT2D eigenvalue weighted by molar-refractivity contribution is 5.33. The van der Waals surface area contributed by atoms with E-state index in [0.717, 1.165) is 30.0 Å². The number of aromatic nitrogens is 2. The van der Waals surface area contributed by atoms with Crippen LogP contribution in [0, 0.1) is 6.92 Å². The molecule has 2 nitrogen and oxygen atoms in total. The number of para-hydroxylation sites is 1. The first-order chi connectivity index (χ1) is 7.81. The monoisotopic (exact) mass is 212 g/mol. The first-order valence-electron chi connectivity index (χ1n) is 5.52. The molecular formula is C14H16N2. The van der Waals surface area contributed by atoms with E-state index in [0.29, 0.717) is 0 Å². The van der Waals surface area contributed by atoms with E-state index in [1.54, 1.807) is 0 Å². The topological polar surface area (TPSA) is 17.8 Å². The maximum atomic E-state index is 4.54. The molecule has 82 valence electrons. The molecule has 2 heteroatoms. The van der Waals surface area contributed by atoms with Crippen LogP contribution in [0.5, 0.6) is 0 Å². The predicted molar refractivity (Wildman–Crippen MR) is 66.8 cm³/mol. The predicted octanol–water partition coefficient (Wildman–Crippen LogP) is 3.30. The maximum absolute atomic E-state index is 4.54. The lowest BCUT2D eigenvalue weighted by atomic mass is 10.2. The van der Waals surface area contributed by atoms with E-state index in [-0.39, 0.29) is 0 Å². The molecule has 0 saturated heterocycles. The second kappa shape index (κ2) is 4.79. The van der Waals surface area contributed by atoms with Crippen molar-refractivity contribution < 1.29 is 0 Å². The van der Waals surface area contributed by atoms with Crippen molar-refractivity contribution in [3.8, 4) is 5.69 Å². The van der Waals surface area contributed by atoms with E-state index in [1.807, 2.05) is 31.2 Å².